The second kappa shape index (κ2) is 10.0. The third-order valence-electron chi connectivity index (χ3n) is 5.58. The first kappa shape index (κ1) is 22.1. The summed E-state index contributed by atoms with van der Waals surface area (Å²) in [7, 11) is 3.29. The fourth-order valence-corrected chi connectivity index (χ4v) is 3.84. The molecule has 6 nitrogen and oxygen atoms in total. The highest BCUT2D eigenvalue weighted by atomic mass is 16.5. The number of carbonyl (C=O) groups is 1. The molecule has 2 aromatic carbocycles. The van der Waals surface area contributed by atoms with Gasteiger partial charge in [0.2, 0.25) is 0 Å². The van der Waals surface area contributed by atoms with E-state index in [0.717, 1.165) is 39.8 Å². The molecule has 0 saturated carbocycles. The monoisotopic (exact) mass is 441 g/mol. The number of hydrogen-bond acceptors (Lipinski definition) is 4. The summed E-state index contributed by atoms with van der Waals surface area (Å²) in [6.45, 7) is 2.47. The Morgan fingerprint density at radius 2 is 1.73 bits per heavy atom. The average Bonchev–Trinajstić information content (AvgIpc) is 3.21. The van der Waals surface area contributed by atoms with E-state index < -0.39 is 0 Å². The number of amides is 1. The number of nitrogens with zero attached hydrogens (tertiary/aromatic N) is 2. The molecule has 4 rings (SSSR count). The van der Waals surface area contributed by atoms with E-state index in [1.54, 1.807) is 20.4 Å². The van der Waals surface area contributed by atoms with Crippen molar-refractivity contribution in [2.45, 2.75) is 13.3 Å². The van der Waals surface area contributed by atoms with Crippen molar-refractivity contribution in [2.24, 2.45) is 0 Å². The van der Waals surface area contributed by atoms with Gasteiger partial charge in [-0.2, -0.15) is 0 Å². The lowest BCUT2D eigenvalue weighted by atomic mass is 10.1. The SMILES string of the molecule is COc1ccc(-c2cc(C(=O)NCCc3ccccn3)c(C)n2-c2cccc(OC)c2)cc1. The quantitative estimate of drug-likeness (QED) is 0.425. The number of aromatic nitrogens is 2. The summed E-state index contributed by atoms with van der Waals surface area (Å²) in [5.74, 6) is 1.42. The summed E-state index contributed by atoms with van der Waals surface area (Å²) in [6, 6.07) is 23.4. The van der Waals surface area contributed by atoms with E-state index in [9.17, 15) is 4.79 Å². The van der Waals surface area contributed by atoms with E-state index in [1.807, 2.05) is 79.7 Å². The van der Waals surface area contributed by atoms with E-state index in [4.69, 9.17) is 9.47 Å². The van der Waals surface area contributed by atoms with Crippen LogP contribution in [0.4, 0.5) is 0 Å². The zero-order valence-electron chi connectivity index (χ0n) is 19.0. The van der Waals surface area contributed by atoms with Crippen LogP contribution in [0.15, 0.2) is 79.0 Å². The zero-order valence-corrected chi connectivity index (χ0v) is 19.0. The highest BCUT2D eigenvalue weighted by Crippen LogP contribution is 2.31. The van der Waals surface area contributed by atoms with Gasteiger partial charge in [-0.3, -0.25) is 9.78 Å². The smallest absolute Gasteiger partial charge is 0.253 e. The molecule has 33 heavy (non-hydrogen) atoms. The van der Waals surface area contributed by atoms with Crippen molar-refractivity contribution < 1.29 is 14.3 Å². The first-order valence-corrected chi connectivity index (χ1v) is 10.8. The van der Waals surface area contributed by atoms with Crippen molar-refractivity contribution in [2.75, 3.05) is 20.8 Å². The van der Waals surface area contributed by atoms with Crippen molar-refractivity contribution in [3.63, 3.8) is 0 Å². The lowest BCUT2D eigenvalue weighted by molar-refractivity contribution is 0.0953. The highest BCUT2D eigenvalue weighted by molar-refractivity contribution is 5.97. The molecule has 0 saturated heterocycles. The van der Waals surface area contributed by atoms with Gasteiger partial charge in [-0.25, -0.2) is 0 Å². The Morgan fingerprint density at radius 1 is 0.939 bits per heavy atom. The number of ether oxygens (including phenoxy) is 2. The van der Waals surface area contributed by atoms with Gasteiger partial charge in [0.05, 0.1) is 25.5 Å². The van der Waals surface area contributed by atoms with Crippen LogP contribution in [0.25, 0.3) is 16.9 Å². The van der Waals surface area contributed by atoms with E-state index in [-0.39, 0.29) is 5.91 Å². The minimum Gasteiger partial charge on any atom is -0.497 e. The summed E-state index contributed by atoms with van der Waals surface area (Å²) >= 11 is 0. The second-order valence-electron chi connectivity index (χ2n) is 7.62. The van der Waals surface area contributed by atoms with Crippen LogP contribution >= 0.6 is 0 Å². The maximum absolute atomic E-state index is 13.1. The van der Waals surface area contributed by atoms with E-state index in [1.165, 1.54) is 0 Å². The van der Waals surface area contributed by atoms with Crippen LogP contribution in [0.3, 0.4) is 0 Å². The Balaban J connectivity index is 1.68. The molecule has 0 aliphatic heterocycles. The lowest BCUT2D eigenvalue weighted by Crippen LogP contribution is -2.26. The molecule has 0 unspecified atom stereocenters. The molecule has 0 bridgehead atoms. The number of nitrogens with one attached hydrogen (secondary N) is 1. The summed E-state index contributed by atoms with van der Waals surface area (Å²) in [5, 5.41) is 3.04. The highest BCUT2D eigenvalue weighted by Gasteiger charge is 2.20. The van der Waals surface area contributed by atoms with Crippen LogP contribution in [0.1, 0.15) is 21.7 Å². The Hall–Kier alpha value is -4.06. The number of hydrogen-bond donors (Lipinski definition) is 1. The molecule has 1 N–H and O–H groups in total. The Bertz CT molecular complexity index is 1230. The number of benzene rings is 2. The number of rotatable bonds is 8. The van der Waals surface area contributed by atoms with Crippen molar-refractivity contribution in [3.05, 3.63) is 95.9 Å². The van der Waals surface area contributed by atoms with Crippen molar-refractivity contribution in [3.8, 4) is 28.4 Å². The largest absolute Gasteiger partial charge is 0.497 e. The van der Waals surface area contributed by atoms with Gasteiger partial charge in [-0.1, -0.05) is 12.1 Å². The van der Waals surface area contributed by atoms with Crippen molar-refractivity contribution in [1.82, 2.24) is 14.9 Å². The van der Waals surface area contributed by atoms with Gasteiger partial charge < -0.3 is 19.4 Å². The standard InChI is InChI=1S/C27H27N3O3/c1-19-25(27(31)29-16-14-21-7-4-5-15-28-21)18-26(20-10-12-23(32-2)13-11-20)30(19)22-8-6-9-24(17-22)33-3/h4-13,15,17-18H,14,16H2,1-3H3,(H,29,31). The molecular formula is C27H27N3O3. The van der Waals surface area contributed by atoms with Crippen LogP contribution in [-0.2, 0) is 6.42 Å². The van der Waals surface area contributed by atoms with Crippen LogP contribution in [0.5, 0.6) is 11.5 Å². The van der Waals surface area contributed by atoms with E-state index >= 15 is 0 Å². The van der Waals surface area contributed by atoms with Crippen molar-refractivity contribution in [1.29, 1.82) is 0 Å². The molecule has 2 aromatic heterocycles. The minimum absolute atomic E-state index is 0.111. The molecular weight excluding hydrogens is 414 g/mol. The van der Waals surface area contributed by atoms with Gasteiger partial charge in [-0.05, 0) is 67.1 Å². The minimum atomic E-state index is -0.111. The molecule has 0 fully saturated rings. The molecule has 2 heterocycles. The van der Waals surface area contributed by atoms with Gasteiger partial charge in [-0.15, -0.1) is 0 Å². The number of carbonyl (C=O) groups excluding carboxylic acids is 1. The third-order valence-corrected chi connectivity index (χ3v) is 5.58. The van der Waals surface area contributed by atoms with Gasteiger partial charge in [0.25, 0.3) is 5.91 Å². The molecule has 0 radical (unpaired) electrons. The molecule has 6 heteroatoms. The molecule has 0 spiro atoms. The maximum Gasteiger partial charge on any atom is 0.253 e. The predicted molar refractivity (Wildman–Crippen MR) is 129 cm³/mol. The van der Waals surface area contributed by atoms with Gasteiger partial charge in [0.15, 0.2) is 0 Å². The Kier molecular flexibility index (Phi) is 6.74. The molecule has 0 aliphatic carbocycles. The fraction of sp³-hybridized carbons (Fsp3) is 0.185. The summed E-state index contributed by atoms with van der Waals surface area (Å²) in [5.41, 5.74) is 5.24. The summed E-state index contributed by atoms with van der Waals surface area (Å²) < 4.78 is 12.8. The van der Waals surface area contributed by atoms with E-state index in [0.29, 0.717) is 18.5 Å². The number of pyridine rings is 1. The normalized spacial score (nSPS) is 10.6. The van der Waals surface area contributed by atoms with Crippen molar-refractivity contribution >= 4 is 5.91 Å². The molecule has 0 atom stereocenters. The molecule has 1 amide bonds. The Labute approximate surface area is 193 Å². The first-order valence-electron chi connectivity index (χ1n) is 10.8. The van der Waals surface area contributed by atoms with Gasteiger partial charge in [0, 0.05) is 42.3 Å². The molecule has 0 aliphatic rings. The second-order valence-corrected chi connectivity index (χ2v) is 7.62. The summed E-state index contributed by atoms with van der Waals surface area (Å²) in [4.78, 5) is 17.4. The summed E-state index contributed by atoms with van der Waals surface area (Å²) in [6.07, 6.45) is 2.43. The fourth-order valence-electron chi connectivity index (χ4n) is 3.84. The Morgan fingerprint density at radius 3 is 2.42 bits per heavy atom. The maximum atomic E-state index is 13.1. The van der Waals surface area contributed by atoms with Crippen LogP contribution < -0.4 is 14.8 Å². The topological polar surface area (TPSA) is 65.4 Å². The predicted octanol–water partition coefficient (Wildman–Crippen LogP) is 4.84. The number of methoxy groups -OCH3 is 2. The zero-order chi connectivity index (χ0) is 23.2. The lowest BCUT2D eigenvalue weighted by Gasteiger charge is -2.14. The third kappa shape index (κ3) is 4.90. The van der Waals surface area contributed by atoms with Crippen LogP contribution in [-0.4, -0.2) is 36.2 Å². The van der Waals surface area contributed by atoms with E-state index in [2.05, 4.69) is 14.9 Å². The van der Waals surface area contributed by atoms with Gasteiger partial charge >= 0.3 is 0 Å². The van der Waals surface area contributed by atoms with Gasteiger partial charge in [0.1, 0.15) is 11.5 Å². The first-order chi connectivity index (χ1) is 16.1. The molecule has 168 valence electrons. The molecule has 4 aromatic rings. The average molecular weight is 442 g/mol. The van der Waals surface area contributed by atoms with Crippen LogP contribution in [0.2, 0.25) is 0 Å². The van der Waals surface area contributed by atoms with Crippen LogP contribution in [0, 0.1) is 6.92 Å².